The summed E-state index contributed by atoms with van der Waals surface area (Å²) in [7, 11) is 0. The van der Waals surface area contributed by atoms with Gasteiger partial charge in [0.2, 0.25) is 5.91 Å². The van der Waals surface area contributed by atoms with Crippen LogP contribution in [0.5, 0.6) is 0 Å². The molecular formula is C23H16N2O4. The first kappa shape index (κ1) is 17.2. The van der Waals surface area contributed by atoms with E-state index in [0.717, 1.165) is 26.8 Å². The van der Waals surface area contributed by atoms with Gasteiger partial charge in [0.25, 0.3) is 11.8 Å². The number of amides is 3. The Morgan fingerprint density at radius 1 is 0.862 bits per heavy atom. The van der Waals surface area contributed by atoms with E-state index in [2.05, 4.69) is 5.32 Å². The van der Waals surface area contributed by atoms with Gasteiger partial charge in [0.05, 0.1) is 11.1 Å². The van der Waals surface area contributed by atoms with Crippen LogP contribution in [0.15, 0.2) is 71.1 Å². The van der Waals surface area contributed by atoms with E-state index in [1.165, 1.54) is 0 Å². The number of nitrogens with zero attached hydrogens (tertiary/aromatic N) is 1. The average molecular weight is 384 g/mol. The van der Waals surface area contributed by atoms with Gasteiger partial charge in [-0.05, 0) is 43.3 Å². The van der Waals surface area contributed by atoms with E-state index in [1.807, 2.05) is 30.3 Å². The van der Waals surface area contributed by atoms with Crippen LogP contribution in [0.1, 0.15) is 27.6 Å². The Hall–Kier alpha value is -3.93. The highest BCUT2D eigenvalue weighted by Crippen LogP contribution is 2.31. The highest BCUT2D eigenvalue weighted by molar-refractivity contribution is 6.23. The lowest BCUT2D eigenvalue weighted by Gasteiger charge is -2.21. The molecule has 1 aliphatic heterocycles. The SMILES string of the molecule is C[C@H](C(=O)Nc1ccc2oc3ccccc3c2c1)N1C(=O)c2ccccc2C1=O. The van der Waals surface area contributed by atoms with E-state index < -0.39 is 23.8 Å². The number of rotatable bonds is 3. The van der Waals surface area contributed by atoms with Crippen LogP contribution in [-0.2, 0) is 4.79 Å². The molecule has 0 fully saturated rings. The van der Waals surface area contributed by atoms with Crippen molar-refractivity contribution in [2.45, 2.75) is 13.0 Å². The summed E-state index contributed by atoms with van der Waals surface area (Å²) < 4.78 is 5.79. The molecule has 3 aromatic carbocycles. The fourth-order valence-electron chi connectivity index (χ4n) is 3.73. The molecule has 1 atom stereocenters. The normalized spacial score (nSPS) is 14.4. The Morgan fingerprint density at radius 3 is 2.21 bits per heavy atom. The maximum Gasteiger partial charge on any atom is 0.262 e. The molecule has 4 aromatic rings. The predicted octanol–water partition coefficient (Wildman–Crippen LogP) is 4.21. The van der Waals surface area contributed by atoms with Crippen LogP contribution >= 0.6 is 0 Å². The van der Waals surface area contributed by atoms with Crippen LogP contribution in [0, 0.1) is 0 Å². The van der Waals surface area contributed by atoms with Gasteiger partial charge in [0.1, 0.15) is 17.2 Å². The molecule has 0 aliphatic carbocycles. The maximum absolute atomic E-state index is 12.8. The summed E-state index contributed by atoms with van der Waals surface area (Å²) in [5.74, 6) is -1.35. The van der Waals surface area contributed by atoms with Crippen LogP contribution in [0.25, 0.3) is 21.9 Å². The largest absolute Gasteiger partial charge is 0.456 e. The van der Waals surface area contributed by atoms with E-state index in [4.69, 9.17) is 4.42 Å². The number of fused-ring (bicyclic) bond motifs is 4. The Kier molecular flexibility index (Phi) is 3.74. The van der Waals surface area contributed by atoms with Gasteiger partial charge in [-0.25, -0.2) is 0 Å². The van der Waals surface area contributed by atoms with Crippen molar-refractivity contribution < 1.29 is 18.8 Å². The van der Waals surface area contributed by atoms with E-state index in [1.54, 1.807) is 43.3 Å². The third-order valence-corrected chi connectivity index (χ3v) is 5.24. The fourth-order valence-corrected chi connectivity index (χ4v) is 3.73. The number of anilines is 1. The second kappa shape index (κ2) is 6.31. The molecule has 0 saturated heterocycles. The highest BCUT2D eigenvalue weighted by Gasteiger charge is 2.40. The first-order valence-electron chi connectivity index (χ1n) is 9.23. The molecule has 2 heterocycles. The minimum atomic E-state index is -0.945. The molecule has 1 aliphatic rings. The van der Waals surface area contributed by atoms with E-state index >= 15 is 0 Å². The van der Waals surface area contributed by atoms with Crippen molar-refractivity contribution in [3.63, 3.8) is 0 Å². The second-order valence-corrected chi connectivity index (χ2v) is 7.00. The molecule has 1 aromatic heterocycles. The average Bonchev–Trinajstić information content (AvgIpc) is 3.23. The number of hydrogen-bond donors (Lipinski definition) is 1. The number of nitrogens with one attached hydrogen (secondary N) is 1. The van der Waals surface area contributed by atoms with Gasteiger partial charge in [-0.1, -0.05) is 30.3 Å². The van der Waals surface area contributed by atoms with E-state index in [9.17, 15) is 14.4 Å². The summed E-state index contributed by atoms with van der Waals surface area (Å²) in [4.78, 5) is 39.0. The molecule has 29 heavy (non-hydrogen) atoms. The molecule has 142 valence electrons. The van der Waals surface area contributed by atoms with Gasteiger partial charge in [0.15, 0.2) is 0 Å². The summed E-state index contributed by atoms with van der Waals surface area (Å²) in [6.45, 7) is 1.54. The fraction of sp³-hybridized carbons (Fsp3) is 0.0870. The van der Waals surface area contributed by atoms with Crippen LogP contribution in [0.4, 0.5) is 5.69 Å². The van der Waals surface area contributed by atoms with Crippen molar-refractivity contribution in [1.82, 2.24) is 4.90 Å². The van der Waals surface area contributed by atoms with Crippen molar-refractivity contribution in [1.29, 1.82) is 0 Å². The predicted molar refractivity (Wildman–Crippen MR) is 109 cm³/mol. The van der Waals surface area contributed by atoms with Crippen LogP contribution in [0.3, 0.4) is 0 Å². The Balaban J connectivity index is 1.42. The van der Waals surface area contributed by atoms with E-state index in [-0.39, 0.29) is 0 Å². The van der Waals surface area contributed by atoms with Gasteiger partial charge in [-0.15, -0.1) is 0 Å². The molecule has 3 amide bonds. The molecule has 0 spiro atoms. The summed E-state index contributed by atoms with van der Waals surface area (Å²) in [5.41, 5.74) is 2.70. The van der Waals surface area contributed by atoms with Gasteiger partial charge in [0, 0.05) is 16.5 Å². The first-order valence-corrected chi connectivity index (χ1v) is 9.23. The lowest BCUT2D eigenvalue weighted by atomic mass is 10.1. The van der Waals surface area contributed by atoms with Crippen LogP contribution < -0.4 is 5.32 Å². The van der Waals surface area contributed by atoms with Crippen molar-refractivity contribution >= 4 is 45.3 Å². The Bertz CT molecular complexity index is 1290. The number of furan rings is 1. The molecule has 0 unspecified atom stereocenters. The molecule has 5 rings (SSSR count). The van der Waals surface area contributed by atoms with Crippen LogP contribution in [-0.4, -0.2) is 28.7 Å². The zero-order valence-electron chi connectivity index (χ0n) is 15.5. The zero-order chi connectivity index (χ0) is 20.1. The summed E-state index contributed by atoms with van der Waals surface area (Å²) in [6.07, 6.45) is 0. The van der Waals surface area contributed by atoms with Gasteiger partial charge >= 0.3 is 0 Å². The topological polar surface area (TPSA) is 79.6 Å². The van der Waals surface area contributed by atoms with Crippen molar-refractivity contribution in [3.8, 4) is 0 Å². The van der Waals surface area contributed by atoms with E-state index in [0.29, 0.717) is 16.8 Å². The standard InChI is InChI=1S/C23H16N2O4/c1-13(25-22(27)16-7-2-3-8-17(16)23(25)28)21(26)24-14-10-11-20-18(12-14)15-6-4-5-9-19(15)29-20/h2-13H,1H3,(H,24,26)/t13-/m1/s1. The number of imide groups is 1. The lowest BCUT2D eigenvalue weighted by molar-refractivity contribution is -0.119. The van der Waals surface area contributed by atoms with Crippen molar-refractivity contribution in [3.05, 3.63) is 77.9 Å². The minimum Gasteiger partial charge on any atom is -0.456 e. The zero-order valence-corrected chi connectivity index (χ0v) is 15.5. The molecule has 0 radical (unpaired) electrons. The minimum absolute atomic E-state index is 0.323. The summed E-state index contributed by atoms with van der Waals surface area (Å²) in [6, 6.07) is 18.7. The molecule has 6 nitrogen and oxygen atoms in total. The third kappa shape index (κ3) is 2.61. The van der Waals surface area contributed by atoms with Gasteiger partial charge in [-0.2, -0.15) is 0 Å². The summed E-state index contributed by atoms with van der Waals surface area (Å²) >= 11 is 0. The number of hydrogen-bond acceptors (Lipinski definition) is 4. The molecule has 0 saturated carbocycles. The molecule has 0 bridgehead atoms. The molecule has 6 heteroatoms. The smallest absolute Gasteiger partial charge is 0.262 e. The number of carbonyl (C=O) groups is 3. The monoisotopic (exact) mass is 384 g/mol. The number of carbonyl (C=O) groups excluding carboxylic acids is 3. The molecule has 1 N–H and O–H groups in total. The van der Waals surface area contributed by atoms with Crippen molar-refractivity contribution in [2.75, 3.05) is 5.32 Å². The first-order chi connectivity index (χ1) is 14.0. The van der Waals surface area contributed by atoms with Crippen LogP contribution in [0.2, 0.25) is 0 Å². The van der Waals surface area contributed by atoms with Gasteiger partial charge < -0.3 is 9.73 Å². The molecular weight excluding hydrogens is 368 g/mol. The second-order valence-electron chi connectivity index (χ2n) is 7.00. The maximum atomic E-state index is 12.8. The lowest BCUT2D eigenvalue weighted by Crippen LogP contribution is -2.45. The van der Waals surface area contributed by atoms with Gasteiger partial charge in [-0.3, -0.25) is 19.3 Å². The number of para-hydroxylation sites is 1. The number of benzene rings is 3. The Morgan fingerprint density at radius 2 is 1.48 bits per heavy atom. The Labute approximate surface area is 165 Å². The summed E-state index contributed by atoms with van der Waals surface area (Å²) in [5, 5.41) is 4.64. The quantitative estimate of drug-likeness (QED) is 0.537. The third-order valence-electron chi connectivity index (χ3n) is 5.24. The highest BCUT2D eigenvalue weighted by atomic mass is 16.3. The van der Waals surface area contributed by atoms with Crippen molar-refractivity contribution in [2.24, 2.45) is 0 Å².